The van der Waals surface area contributed by atoms with Crippen molar-refractivity contribution < 1.29 is 9.18 Å². The Bertz CT molecular complexity index is 668. The Kier molecular flexibility index (Phi) is 3.69. The second kappa shape index (κ2) is 5.02. The number of carbonyl (C=O) groups is 1. The van der Waals surface area contributed by atoms with Gasteiger partial charge in [0.15, 0.2) is 0 Å². The maximum absolute atomic E-state index is 14.1. The van der Waals surface area contributed by atoms with E-state index in [-0.39, 0.29) is 16.8 Å². The fourth-order valence-corrected chi connectivity index (χ4v) is 2.98. The summed E-state index contributed by atoms with van der Waals surface area (Å²) in [5, 5.41) is 0. The molecule has 0 saturated carbocycles. The molecule has 0 spiro atoms. The average molecular weight is 291 g/mol. The summed E-state index contributed by atoms with van der Waals surface area (Å²) >= 11 is 1.41. The van der Waals surface area contributed by atoms with E-state index in [1.807, 2.05) is 6.07 Å². The molecule has 2 aromatic rings. The van der Waals surface area contributed by atoms with E-state index in [4.69, 9.17) is 5.73 Å². The molecule has 0 aliphatic rings. The van der Waals surface area contributed by atoms with E-state index in [0.29, 0.717) is 16.1 Å². The van der Waals surface area contributed by atoms with Crippen molar-refractivity contribution in [2.75, 3.05) is 5.73 Å². The van der Waals surface area contributed by atoms with Gasteiger partial charge < -0.3 is 5.73 Å². The lowest BCUT2D eigenvalue weighted by Gasteiger charge is -2.15. The lowest BCUT2D eigenvalue weighted by Crippen LogP contribution is -2.08. The summed E-state index contributed by atoms with van der Waals surface area (Å²) in [7, 11) is 0. The van der Waals surface area contributed by atoms with E-state index in [1.165, 1.54) is 23.5 Å². The van der Waals surface area contributed by atoms with Gasteiger partial charge in [-0.15, -0.1) is 11.3 Å². The second-order valence-electron chi connectivity index (χ2n) is 5.94. The second-order valence-corrected chi connectivity index (χ2v) is 7.03. The predicted octanol–water partition coefficient (Wildman–Crippen LogP) is 4.31. The van der Waals surface area contributed by atoms with Crippen molar-refractivity contribution in [2.45, 2.75) is 33.1 Å². The zero-order valence-electron chi connectivity index (χ0n) is 12.1. The Labute approximate surface area is 122 Å². The van der Waals surface area contributed by atoms with Crippen molar-refractivity contribution in [1.29, 1.82) is 0 Å². The molecular weight excluding hydrogens is 273 g/mol. The van der Waals surface area contributed by atoms with Gasteiger partial charge in [-0.05, 0) is 42.2 Å². The normalized spacial score (nSPS) is 11.7. The van der Waals surface area contributed by atoms with E-state index in [1.54, 1.807) is 13.0 Å². The first-order valence-corrected chi connectivity index (χ1v) is 7.22. The lowest BCUT2D eigenvalue weighted by molar-refractivity contribution is 0.103. The molecule has 1 aromatic heterocycles. The largest absolute Gasteiger partial charge is 0.399 e. The van der Waals surface area contributed by atoms with Crippen LogP contribution in [0.3, 0.4) is 0 Å². The van der Waals surface area contributed by atoms with Crippen LogP contribution in [0.5, 0.6) is 0 Å². The smallest absolute Gasteiger partial charge is 0.205 e. The average Bonchev–Trinajstić information content (AvgIpc) is 2.82. The summed E-state index contributed by atoms with van der Waals surface area (Å²) in [4.78, 5) is 14.1. The van der Waals surface area contributed by atoms with Gasteiger partial charge in [-0.1, -0.05) is 20.8 Å². The number of hydrogen-bond donors (Lipinski definition) is 1. The molecule has 0 saturated heterocycles. The maximum Gasteiger partial charge on any atom is 0.205 e. The first-order chi connectivity index (χ1) is 9.20. The van der Waals surface area contributed by atoms with Crippen molar-refractivity contribution in [1.82, 2.24) is 0 Å². The molecule has 1 heterocycles. The van der Waals surface area contributed by atoms with E-state index < -0.39 is 5.82 Å². The molecule has 2 nitrogen and oxygen atoms in total. The van der Waals surface area contributed by atoms with E-state index in [9.17, 15) is 9.18 Å². The molecule has 106 valence electrons. The third-order valence-electron chi connectivity index (χ3n) is 3.09. The van der Waals surface area contributed by atoms with Crippen LogP contribution in [-0.4, -0.2) is 5.78 Å². The number of anilines is 1. The minimum Gasteiger partial charge on any atom is -0.399 e. The molecule has 1 aromatic carbocycles. The number of rotatable bonds is 2. The van der Waals surface area contributed by atoms with Crippen LogP contribution in [0.4, 0.5) is 10.1 Å². The van der Waals surface area contributed by atoms with E-state index >= 15 is 0 Å². The zero-order valence-corrected chi connectivity index (χ0v) is 12.9. The van der Waals surface area contributed by atoms with Gasteiger partial charge >= 0.3 is 0 Å². The molecule has 0 atom stereocenters. The molecule has 2 rings (SSSR count). The SMILES string of the molecule is Cc1cc(N)cc(C(=O)c2ccc(C(C)(C)C)s2)c1F. The van der Waals surface area contributed by atoms with Gasteiger partial charge in [0.25, 0.3) is 0 Å². The summed E-state index contributed by atoms with van der Waals surface area (Å²) in [6.07, 6.45) is 0. The van der Waals surface area contributed by atoms with E-state index in [0.717, 1.165) is 4.88 Å². The summed E-state index contributed by atoms with van der Waals surface area (Å²) < 4.78 is 14.1. The van der Waals surface area contributed by atoms with Gasteiger partial charge in [0.1, 0.15) is 5.82 Å². The molecule has 0 amide bonds. The van der Waals surface area contributed by atoms with Crippen molar-refractivity contribution in [2.24, 2.45) is 0 Å². The van der Waals surface area contributed by atoms with Crippen molar-refractivity contribution in [3.05, 3.63) is 51.0 Å². The Morgan fingerprint density at radius 3 is 2.45 bits per heavy atom. The molecule has 2 N–H and O–H groups in total. The number of halogens is 1. The molecule has 0 unspecified atom stereocenters. The van der Waals surface area contributed by atoms with Crippen LogP contribution >= 0.6 is 11.3 Å². The number of carbonyl (C=O) groups excluding carboxylic acids is 1. The Hall–Kier alpha value is -1.68. The fourth-order valence-electron chi connectivity index (χ4n) is 1.96. The van der Waals surface area contributed by atoms with Gasteiger partial charge in [0, 0.05) is 10.6 Å². The van der Waals surface area contributed by atoms with Crippen LogP contribution in [0.1, 0.15) is 46.4 Å². The van der Waals surface area contributed by atoms with Gasteiger partial charge in [0.05, 0.1) is 10.4 Å². The first-order valence-electron chi connectivity index (χ1n) is 6.41. The first kappa shape index (κ1) is 14.7. The van der Waals surface area contributed by atoms with Gasteiger partial charge in [-0.25, -0.2) is 4.39 Å². The van der Waals surface area contributed by atoms with Crippen LogP contribution in [0, 0.1) is 12.7 Å². The third kappa shape index (κ3) is 2.75. The standard InChI is InChI=1S/C16H18FNOS/c1-9-7-10(18)8-11(14(9)17)15(19)12-5-6-13(20-12)16(2,3)4/h5-8H,18H2,1-4H3. The number of aryl methyl sites for hydroxylation is 1. The van der Waals surface area contributed by atoms with Crippen LogP contribution in [0.2, 0.25) is 0 Å². The Balaban J connectivity index is 2.45. The van der Waals surface area contributed by atoms with Crippen LogP contribution in [0.25, 0.3) is 0 Å². The summed E-state index contributed by atoms with van der Waals surface area (Å²) in [6.45, 7) is 7.85. The zero-order chi connectivity index (χ0) is 15.1. The molecule has 0 aliphatic carbocycles. The number of benzene rings is 1. The Morgan fingerprint density at radius 2 is 1.90 bits per heavy atom. The number of hydrogen-bond acceptors (Lipinski definition) is 3. The highest BCUT2D eigenvalue weighted by atomic mass is 32.1. The quantitative estimate of drug-likeness (QED) is 0.662. The van der Waals surface area contributed by atoms with Gasteiger partial charge in [0.2, 0.25) is 5.78 Å². The highest BCUT2D eigenvalue weighted by Crippen LogP contribution is 2.31. The molecule has 4 heteroatoms. The number of thiophene rings is 1. The molecule has 0 fully saturated rings. The fraction of sp³-hybridized carbons (Fsp3) is 0.312. The maximum atomic E-state index is 14.1. The highest BCUT2D eigenvalue weighted by molar-refractivity contribution is 7.14. The van der Waals surface area contributed by atoms with Crippen LogP contribution < -0.4 is 5.73 Å². The number of nitrogens with two attached hydrogens (primary N) is 1. The minimum atomic E-state index is -0.491. The third-order valence-corrected chi connectivity index (χ3v) is 4.60. The van der Waals surface area contributed by atoms with Crippen LogP contribution in [0.15, 0.2) is 24.3 Å². The van der Waals surface area contributed by atoms with Crippen LogP contribution in [-0.2, 0) is 5.41 Å². The molecule has 0 aliphatic heterocycles. The van der Waals surface area contributed by atoms with Gasteiger partial charge in [-0.2, -0.15) is 0 Å². The van der Waals surface area contributed by atoms with E-state index in [2.05, 4.69) is 20.8 Å². The monoisotopic (exact) mass is 291 g/mol. The van der Waals surface area contributed by atoms with Gasteiger partial charge in [-0.3, -0.25) is 4.79 Å². The molecule has 0 radical (unpaired) electrons. The molecule has 0 bridgehead atoms. The molecular formula is C16H18FNOS. The number of nitrogen functional groups attached to an aromatic ring is 1. The summed E-state index contributed by atoms with van der Waals surface area (Å²) in [6, 6.07) is 6.61. The topological polar surface area (TPSA) is 43.1 Å². The van der Waals surface area contributed by atoms with Crippen molar-refractivity contribution >= 4 is 22.8 Å². The van der Waals surface area contributed by atoms with Crippen molar-refractivity contribution in [3.8, 4) is 0 Å². The summed E-state index contributed by atoms with van der Waals surface area (Å²) in [5.74, 6) is -0.798. The minimum absolute atomic E-state index is 0.0205. The van der Waals surface area contributed by atoms with Crippen molar-refractivity contribution in [3.63, 3.8) is 0 Å². The number of ketones is 1. The summed E-state index contributed by atoms with van der Waals surface area (Å²) in [5.41, 5.74) is 6.52. The Morgan fingerprint density at radius 1 is 1.25 bits per heavy atom. The lowest BCUT2D eigenvalue weighted by atomic mass is 9.95. The highest BCUT2D eigenvalue weighted by Gasteiger charge is 2.21. The predicted molar refractivity (Wildman–Crippen MR) is 82.0 cm³/mol. The molecule has 20 heavy (non-hydrogen) atoms.